The first-order chi connectivity index (χ1) is 7.18. The van der Waals surface area contributed by atoms with Crippen molar-refractivity contribution in [2.45, 2.75) is 6.92 Å². The van der Waals surface area contributed by atoms with E-state index in [1.165, 1.54) is 10.9 Å². The molecule has 0 saturated carbocycles. The molecule has 0 fully saturated rings. The van der Waals surface area contributed by atoms with Crippen LogP contribution in [0.3, 0.4) is 0 Å². The van der Waals surface area contributed by atoms with Crippen molar-refractivity contribution in [1.82, 2.24) is 14.8 Å². The zero-order valence-electron chi connectivity index (χ0n) is 8.49. The van der Waals surface area contributed by atoms with E-state index in [1.807, 2.05) is 6.07 Å². The van der Waals surface area contributed by atoms with Gasteiger partial charge in [-0.2, -0.15) is 5.10 Å². The Kier molecular flexibility index (Phi) is 3.63. The second kappa shape index (κ2) is 4.76. The van der Waals surface area contributed by atoms with Crippen LogP contribution >= 0.6 is 12.4 Å². The summed E-state index contributed by atoms with van der Waals surface area (Å²) in [7, 11) is 0. The summed E-state index contributed by atoms with van der Waals surface area (Å²) >= 11 is 0. The molecule has 0 radical (unpaired) electrons. The molecule has 0 amide bonds. The van der Waals surface area contributed by atoms with E-state index in [2.05, 4.69) is 10.1 Å². The SMILES string of the molecule is Cc1nn(-c2cccnc2)cc1C(=O)O.Cl. The average Bonchev–Trinajstić information content (AvgIpc) is 2.62. The fraction of sp³-hybridized carbons (Fsp3) is 0.100. The van der Waals surface area contributed by atoms with Crippen molar-refractivity contribution in [3.05, 3.63) is 42.0 Å². The molecule has 0 aromatic carbocycles. The molecule has 5 nitrogen and oxygen atoms in total. The van der Waals surface area contributed by atoms with E-state index in [9.17, 15) is 4.79 Å². The van der Waals surface area contributed by atoms with Gasteiger partial charge < -0.3 is 5.11 Å². The first kappa shape index (κ1) is 12.2. The van der Waals surface area contributed by atoms with Gasteiger partial charge in [0.15, 0.2) is 0 Å². The van der Waals surface area contributed by atoms with Crippen LogP contribution in [0, 0.1) is 6.92 Å². The van der Waals surface area contributed by atoms with Crippen LogP contribution in [0.2, 0.25) is 0 Å². The maximum Gasteiger partial charge on any atom is 0.339 e. The molecule has 2 heterocycles. The van der Waals surface area contributed by atoms with Crippen LogP contribution in [0.25, 0.3) is 5.69 Å². The zero-order chi connectivity index (χ0) is 10.8. The summed E-state index contributed by atoms with van der Waals surface area (Å²) in [6.07, 6.45) is 4.75. The third-order valence-corrected chi connectivity index (χ3v) is 2.04. The zero-order valence-corrected chi connectivity index (χ0v) is 9.31. The Hall–Kier alpha value is -1.88. The molecular weight excluding hydrogens is 230 g/mol. The minimum Gasteiger partial charge on any atom is -0.478 e. The van der Waals surface area contributed by atoms with Crippen molar-refractivity contribution in [3.8, 4) is 5.69 Å². The number of pyridine rings is 1. The van der Waals surface area contributed by atoms with Crippen molar-refractivity contribution in [3.63, 3.8) is 0 Å². The van der Waals surface area contributed by atoms with E-state index in [0.29, 0.717) is 5.69 Å². The second-order valence-corrected chi connectivity index (χ2v) is 3.09. The van der Waals surface area contributed by atoms with Gasteiger partial charge >= 0.3 is 5.97 Å². The van der Waals surface area contributed by atoms with Crippen molar-refractivity contribution in [1.29, 1.82) is 0 Å². The number of carboxylic acid groups (broad SMARTS) is 1. The lowest BCUT2D eigenvalue weighted by Gasteiger charge is -1.97. The normalized spacial score (nSPS) is 9.56. The first-order valence-electron chi connectivity index (χ1n) is 4.38. The summed E-state index contributed by atoms with van der Waals surface area (Å²) in [5, 5.41) is 13.0. The smallest absolute Gasteiger partial charge is 0.339 e. The summed E-state index contributed by atoms with van der Waals surface area (Å²) in [6.45, 7) is 1.66. The molecule has 0 saturated heterocycles. The molecule has 6 heteroatoms. The minimum absolute atomic E-state index is 0. The first-order valence-corrected chi connectivity index (χ1v) is 4.38. The van der Waals surface area contributed by atoms with E-state index in [0.717, 1.165) is 5.69 Å². The van der Waals surface area contributed by atoms with Gasteiger partial charge in [-0.1, -0.05) is 0 Å². The van der Waals surface area contributed by atoms with Gasteiger partial charge in [0.2, 0.25) is 0 Å². The molecule has 0 aliphatic heterocycles. The lowest BCUT2D eigenvalue weighted by atomic mass is 10.3. The summed E-state index contributed by atoms with van der Waals surface area (Å²) in [4.78, 5) is 14.7. The number of rotatable bonds is 2. The molecular formula is C10H10ClN3O2. The van der Waals surface area contributed by atoms with E-state index in [1.54, 1.807) is 25.4 Å². The third kappa shape index (κ3) is 2.20. The largest absolute Gasteiger partial charge is 0.478 e. The Balaban J connectivity index is 0.00000128. The average molecular weight is 240 g/mol. The van der Waals surface area contributed by atoms with Crippen LogP contribution in [0.1, 0.15) is 16.1 Å². The molecule has 0 atom stereocenters. The van der Waals surface area contributed by atoms with Gasteiger partial charge in [-0.15, -0.1) is 12.4 Å². The molecule has 0 unspecified atom stereocenters. The lowest BCUT2D eigenvalue weighted by molar-refractivity contribution is 0.0696. The predicted molar refractivity (Wildman–Crippen MR) is 60.3 cm³/mol. The molecule has 16 heavy (non-hydrogen) atoms. The number of hydrogen-bond acceptors (Lipinski definition) is 3. The fourth-order valence-electron chi connectivity index (χ4n) is 1.29. The van der Waals surface area contributed by atoms with Crippen LogP contribution in [0.15, 0.2) is 30.7 Å². The molecule has 84 valence electrons. The standard InChI is InChI=1S/C10H9N3O2.ClH/c1-7-9(10(14)15)6-13(12-7)8-3-2-4-11-5-8;/h2-6H,1H3,(H,14,15);1H. The number of aromatic nitrogens is 3. The van der Waals surface area contributed by atoms with Gasteiger partial charge in [-0.25, -0.2) is 9.48 Å². The number of nitrogens with zero attached hydrogens (tertiary/aromatic N) is 3. The van der Waals surface area contributed by atoms with Crippen molar-refractivity contribution >= 4 is 18.4 Å². The minimum atomic E-state index is -0.970. The number of carbonyl (C=O) groups is 1. The predicted octanol–water partition coefficient (Wildman–Crippen LogP) is 1.70. The van der Waals surface area contributed by atoms with E-state index < -0.39 is 5.97 Å². The van der Waals surface area contributed by atoms with Gasteiger partial charge in [-0.05, 0) is 19.1 Å². The molecule has 2 rings (SSSR count). The topological polar surface area (TPSA) is 68.0 Å². The molecule has 0 bridgehead atoms. The second-order valence-electron chi connectivity index (χ2n) is 3.09. The van der Waals surface area contributed by atoms with Crippen LogP contribution in [0.4, 0.5) is 0 Å². The lowest BCUT2D eigenvalue weighted by Crippen LogP contribution is -1.96. The summed E-state index contributed by atoms with van der Waals surface area (Å²) < 4.78 is 1.51. The van der Waals surface area contributed by atoms with Gasteiger partial charge in [0.05, 0.1) is 17.6 Å². The third-order valence-electron chi connectivity index (χ3n) is 2.04. The van der Waals surface area contributed by atoms with Crippen molar-refractivity contribution in [2.75, 3.05) is 0 Å². The number of aromatic carboxylic acids is 1. The molecule has 2 aromatic heterocycles. The van der Waals surface area contributed by atoms with Crippen LogP contribution < -0.4 is 0 Å². The molecule has 2 aromatic rings. The van der Waals surface area contributed by atoms with Gasteiger partial charge in [0.25, 0.3) is 0 Å². The Bertz CT molecular complexity index is 496. The highest BCUT2D eigenvalue weighted by Crippen LogP contribution is 2.10. The number of halogens is 1. The Labute approximate surface area is 98.2 Å². The Morgan fingerprint density at radius 2 is 2.25 bits per heavy atom. The van der Waals surface area contributed by atoms with E-state index in [4.69, 9.17) is 5.11 Å². The van der Waals surface area contributed by atoms with Crippen LogP contribution in [0.5, 0.6) is 0 Å². The Morgan fingerprint density at radius 1 is 1.50 bits per heavy atom. The van der Waals surface area contributed by atoms with Crippen molar-refractivity contribution in [2.24, 2.45) is 0 Å². The molecule has 0 aliphatic carbocycles. The highest BCUT2D eigenvalue weighted by Gasteiger charge is 2.12. The number of aryl methyl sites for hydroxylation is 1. The quantitative estimate of drug-likeness (QED) is 0.866. The maximum absolute atomic E-state index is 10.8. The van der Waals surface area contributed by atoms with Gasteiger partial charge in [-0.3, -0.25) is 4.98 Å². The van der Waals surface area contributed by atoms with Gasteiger partial charge in [0.1, 0.15) is 5.56 Å². The monoisotopic (exact) mass is 239 g/mol. The van der Waals surface area contributed by atoms with Crippen LogP contribution in [-0.4, -0.2) is 25.8 Å². The van der Waals surface area contributed by atoms with E-state index >= 15 is 0 Å². The fourth-order valence-corrected chi connectivity index (χ4v) is 1.29. The number of hydrogen-bond donors (Lipinski definition) is 1. The maximum atomic E-state index is 10.8. The molecule has 0 aliphatic rings. The number of carboxylic acids is 1. The Morgan fingerprint density at radius 3 is 2.75 bits per heavy atom. The summed E-state index contributed by atoms with van der Waals surface area (Å²) in [5.41, 5.74) is 1.44. The summed E-state index contributed by atoms with van der Waals surface area (Å²) in [5.74, 6) is -0.970. The van der Waals surface area contributed by atoms with Gasteiger partial charge in [0, 0.05) is 12.4 Å². The van der Waals surface area contributed by atoms with Crippen molar-refractivity contribution < 1.29 is 9.90 Å². The highest BCUT2D eigenvalue weighted by molar-refractivity contribution is 5.88. The van der Waals surface area contributed by atoms with Crippen LogP contribution in [-0.2, 0) is 0 Å². The summed E-state index contributed by atoms with van der Waals surface area (Å²) in [6, 6.07) is 3.58. The molecule has 1 N–H and O–H groups in total. The van der Waals surface area contributed by atoms with E-state index in [-0.39, 0.29) is 18.0 Å². The molecule has 0 spiro atoms. The highest BCUT2D eigenvalue weighted by atomic mass is 35.5.